The standard InChI is InChI=1S/C14H15NO3S/c16-10-12-5-4-6-13(9-12)11-19(17,18)15-14-7-2-1-3-8-14/h1-9,15-16H,10-11H2. The van der Waals surface area contributed by atoms with Gasteiger partial charge < -0.3 is 5.11 Å². The molecule has 5 heteroatoms. The molecule has 2 aromatic carbocycles. The first-order valence-corrected chi connectivity index (χ1v) is 7.48. The number of rotatable bonds is 5. The minimum Gasteiger partial charge on any atom is -0.392 e. The fourth-order valence-electron chi connectivity index (χ4n) is 1.76. The van der Waals surface area contributed by atoms with E-state index in [0.29, 0.717) is 16.8 Å². The molecule has 0 spiro atoms. The minimum absolute atomic E-state index is 0.0972. The van der Waals surface area contributed by atoms with Gasteiger partial charge in [0.15, 0.2) is 0 Å². The molecule has 0 aliphatic rings. The number of hydrogen-bond donors (Lipinski definition) is 2. The molecule has 2 aromatic rings. The van der Waals surface area contributed by atoms with Crippen LogP contribution in [0.1, 0.15) is 11.1 Å². The molecular formula is C14H15NO3S. The summed E-state index contributed by atoms with van der Waals surface area (Å²) in [5.41, 5.74) is 1.89. The summed E-state index contributed by atoms with van der Waals surface area (Å²) in [6.07, 6.45) is 0. The molecule has 0 heterocycles. The highest BCUT2D eigenvalue weighted by atomic mass is 32.2. The van der Waals surface area contributed by atoms with Crippen molar-refractivity contribution in [1.82, 2.24) is 0 Å². The van der Waals surface area contributed by atoms with Crippen LogP contribution in [0.25, 0.3) is 0 Å². The van der Waals surface area contributed by atoms with Crippen LogP contribution in [0.2, 0.25) is 0 Å². The van der Waals surface area contributed by atoms with Gasteiger partial charge in [0.1, 0.15) is 0 Å². The Morgan fingerprint density at radius 2 is 1.63 bits per heavy atom. The molecule has 0 fully saturated rings. The number of hydrogen-bond acceptors (Lipinski definition) is 3. The zero-order valence-corrected chi connectivity index (χ0v) is 11.1. The van der Waals surface area contributed by atoms with Crippen LogP contribution in [0, 0.1) is 0 Å². The molecule has 0 unspecified atom stereocenters. The Bertz CT molecular complexity index is 639. The van der Waals surface area contributed by atoms with Gasteiger partial charge in [-0.1, -0.05) is 42.5 Å². The third-order valence-corrected chi connectivity index (χ3v) is 3.84. The summed E-state index contributed by atoms with van der Waals surface area (Å²) < 4.78 is 26.5. The van der Waals surface area contributed by atoms with E-state index in [1.807, 2.05) is 6.07 Å². The largest absolute Gasteiger partial charge is 0.392 e. The van der Waals surface area contributed by atoms with Crippen LogP contribution in [0.5, 0.6) is 0 Å². The number of benzene rings is 2. The van der Waals surface area contributed by atoms with Crippen LogP contribution in [0.3, 0.4) is 0 Å². The van der Waals surface area contributed by atoms with E-state index >= 15 is 0 Å². The Balaban J connectivity index is 2.12. The molecule has 19 heavy (non-hydrogen) atoms. The Morgan fingerprint density at radius 3 is 2.32 bits per heavy atom. The van der Waals surface area contributed by atoms with E-state index in [2.05, 4.69) is 4.72 Å². The molecule has 2 N–H and O–H groups in total. The first kappa shape index (κ1) is 13.6. The number of aliphatic hydroxyl groups is 1. The van der Waals surface area contributed by atoms with Crippen molar-refractivity contribution in [2.45, 2.75) is 12.4 Å². The lowest BCUT2D eigenvalue weighted by atomic mass is 10.1. The highest BCUT2D eigenvalue weighted by Crippen LogP contribution is 2.13. The molecule has 0 bridgehead atoms. The average molecular weight is 277 g/mol. The number of anilines is 1. The topological polar surface area (TPSA) is 66.4 Å². The number of aliphatic hydroxyl groups excluding tert-OH is 1. The minimum atomic E-state index is -3.44. The van der Waals surface area contributed by atoms with E-state index in [-0.39, 0.29) is 12.4 Å². The second kappa shape index (κ2) is 5.86. The maximum absolute atomic E-state index is 12.0. The summed E-state index contributed by atoms with van der Waals surface area (Å²) in [4.78, 5) is 0. The summed E-state index contributed by atoms with van der Waals surface area (Å²) in [7, 11) is -3.44. The summed E-state index contributed by atoms with van der Waals surface area (Å²) in [5.74, 6) is -0.115. The Labute approximate surface area is 112 Å². The van der Waals surface area contributed by atoms with Crippen molar-refractivity contribution in [1.29, 1.82) is 0 Å². The van der Waals surface area contributed by atoms with Crippen LogP contribution in [0.15, 0.2) is 54.6 Å². The summed E-state index contributed by atoms with van der Waals surface area (Å²) >= 11 is 0. The van der Waals surface area contributed by atoms with Gasteiger partial charge >= 0.3 is 0 Å². The quantitative estimate of drug-likeness (QED) is 0.879. The van der Waals surface area contributed by atoms with Crippen LogP contribution in [-0.4, -0.2) is 13.5 Å². The molecule has 0 atom stereocenters. The van der Waals surface area contributed by atoms with Crippen molar-refractivity contribution in [2.24, 2.45) is 0 Å². The first-order valence-electron chi connectivity index (χ1n) is 5.83. The number of nitrogens with one attached hydrogen (secondary N) is 1. The Morgan fingerprint density at radius 1 is 0.947 bits per heavy atom. The molecule has 2 rings (SSSR count). The molecule has 0 radical (unpaired) electrons. The Kier molecular flexibility index (Phi) is 4.19. The summed E-state index contributed by atoms with van der Waals surface area (Å²) in [6, 6.07) is 15.6. The lowest BCUT2D eigenvalue weighted by molar-refractivity contribution is 0.282. The third kappa shape index (κ3) is 4.08. The highest BCUT2D eigenvalue weighted by molar-refractivity contribution is 7.91. The fraction of sp³-hybridized carbons (Fsp3) is 0.143. The van der Waals surface area contributed by atoms with Crippen LogP contribution in [0.4, 0.5) is 5.69 Å². The Hall–Kier alpha value is -1.85. The van der Waals surface area contributed by atoms with Gasteiger partial charge in [0.25, 0.3) is 0 Å². The van der Waals surface area contributed by atoms with Gasteiger partial charge in [0.05, 0.1) is 12.4 Å². The SMILES string of the molecule is O=S(=O)(Cc1cccc(CO)c1)Nc1ccccc1. The van der Waals surface area contributed by atoms with Crippen molar-refractivity contribution in [2.75, 3.05) is 4.72 Å². The van der Waals surface area contributed by atoms with Crippen molar-refractivity contribution in [3.63, 3.8) is 0 Å². The smallest absolute Gasteiger partial charge is 0.236 e. The van der Waals surface area contributed by atoms with E-state index < -0.39 is 10.0 Å². The maximum atomic E-state index is 12.0. The van der Waals surface area contributed by atoms with Gasteiger partial charge in [0.2, 0.25) is 10.0 Å². The number of para-hydroxylation sites is 1. The lowest BCUT2D eigenvalue weighted by Crippen LogP contribution is -2.15. The van der Waals surface area contributed by atoms with Crippen LogP contribution < -0.4 is 4.72 Å². The molecule has 100 valence electrons. The predicted octanol–water partition coefficient (Wildman–Crippen LogP) is 2.12. The maximum Gasteiger partial charge on any atom is 0.236 e. The van der Waals surface area contributed by atoms with Crippen molar-refractivity contribution < 1.29 is 13.5 Å². The normalized spacial score (nSPS) is 11.2. The van der Waals surface area contributed by atoms with Gasteiger partial charge in [-0.05, 0) is 23.3 Å². The molecule has 0 amide bonds. The van der Waals surface area contributed by atoms with E-state index in [1.54, 1.807) is 48.5 Å². The highest BCUT2D eigenvalue weighted by Gasteiger charge is 2.11. The van der Waals surface area contributed by atoms with Crippen molar-refractivity contribution in [3.05, 3.63) is 65.7 Å². The zero-order valence-electron chi connectivity index (χ0n) is 10.3. The molecule has 0 aliphatic heterocycles. The van der Waals surface area contributed by atoms with E-state index in [1.165, 1.54) is 0 Å². The molecule has 0 aromatic heterocycles. The third-order valence-electron chi connectivity index (χ3n) is 2.58. The lowest BCUT2D eigenvalue weighted by Gasteiger charge is -2.08. The van der Waals surface area contributed by atoms with Gasteiger partial charge in [-0.25, -0.2) is 8.42 Å². The van der Waals surface area contributed by atoms with E-state index in [0.717, 1.165) is 0 Å². The fourth-order valence-corrected chi connectivity index (χ4v) is 2.94. The monoisotopic (exact) mass is 277 g/mol. The van der Waals surface area contributed by atoms with Gasteiger partial charge in [-0.2, -0.15) is 0 Å². The molecule has 0 saturated carbocycles. The predicted molar refractivity (Wildman–Crippen MR) is 75.1 cm³/mol. The van der Waals surface area contributed by atoms with Crippen molar-refractivity contribution in [3.8, 4) is 0 Å². The van der Waals surface area contributed by atoms with Gasteiger partial charge in [0, 0.05) is 5.69 Å². The first-order chi connectivity index (χ1) is 9.09. The van der Waals surface area contributed by atoms with E-state index in [4.69, 9.17) is 5.11 Å². The van der Waals surface area contributed by atoms with Crippen LogP contribution >= 0.6 is 0 Å². The second-order valence-electron chi connectivity index (χ2n) is 4.21. The van der Waals surface area contributed by atoms with E-state index in [9.17, 15) is 8.42 Å². The molecule has 0 saturated heterocycles. The summed E-state index contributed by atoms with van der Waals surface area (Å²) in [6.45, 7) is -0.0972. The van der Waals surface area contributed by atoms with Gasteiger partial charge in [-0.3, -0.25) is 4.72 Å². The molecule has 4 nitrogen and oxygen atoms in total. The molecular weight excluding hydrogens is 262 g/mol. The van der Waals surface area contributed by atoms with Gasteiger partial charge in [-0.15, -0.1) is 0 Å². The second-order valence-corrected chi connectivity index (χ2v) is 5.93. The molecule has 0 aliphatic carbocycles. The average Bonchev–Trinajstić information content (AvgIpc) is 2.39. The number of sulfonamides is 1. The summed E-state index contributed by atoms with van der Waals surface area (Å²) in [5, 5.41) is 9.03. The van der Waals surface area contributed by atoms with Crippen molar-refractivity contribution >= 4 is 15.7 Å². The van der Waals surface area contributed by atoms with Crippen LogP contribution in [-0.2, 0) is 22.4 Å². The zero-order chi connectivity index (χ0) is 13.7.